The normalized spacial score (nSPS) is 21.2. The molecule has 37 heavy (non-hydrogen) atoms. The largest absolute Gasteiger partial charge is 0.486 e. The number of benzene rings is 1. The van der Waals surface area contributed by atoms with Crippen molar-refractivity contribution in [3.05, 3.63) is 54.4 Å². The van der Waals surface area contributed by atoms with Gasteiger partial charge in [0, 0.05) is 25.8 Å². The lowest BCUT2D eigenvalue weighted by Gasteiger charge is -2.30. The molecular weight excluding hydrogens is 470 g/mol. The summed E-state index contributed by atoms with van der Waals surface area (Å²) in [6.45, 7) is 4.98. The maximum Gasteiger partial charge on any atom is 0.225 e. The molecule has 0 aliphatic carbocycles. The van der Waals surface area contributed by atoms with Gasteiger partial charge < -0.3 is 29.7 Å². The first kappa shape index (κ1) is 23.9. The number of amides is 1. The van der Waals surface area contributed by atoms with Crippen LogP contribution in [0.3, 0.4) is 0 Å². The van der Waals surface area contributed by atoms with Crippen molar-refractivity contribution in [1.82, 2.24) is 20.2 Å². The van der Waals surface area contributed by atoms with E-state index in [4.69, 9.17) is 9.47 Å². The van der Waals surface area contributed by atoms with Crippen LogP contribution in [0.1, 0.15) is 30.9 Å². The zero-order valence-corrected chi connectivity index (χ0v) is 20.9. The Hall–Kier alpha value is -3.43. The smallest absolute Gasteiger partial charge is 0.225 e. The van der Waals surface area contributed by atoms with Gasteiger partial charge in [0.15, 0.2) is 11.5 Å². The molecule has 2 saturated heterocycles. The van der Waals surface area contributed by atoms with E-state index in [-0.39, 0.29) is 11.8 Å². The number of fused-ring (bicyclic) bond motifs is 2. The molecule has 2 aromatic heterocycles. The second kappa shape index (κ2) is 10.5. The second-order valence-electron chi connectivity index (χ2n) is 10.1. The fraction of sp³-hybridized carbons (Fsp3) is 0.464. The fourth-order valence-corrected chi connectivity index (χ4v) is 5.57. The zero-order valence-electron chi connectivity index (χ0n) is 20.9. The number of pyridine rings is 2. The molecule has 3 aliphatic heterocycles. The van der Waals surface area contributed by atoms with E-state index < -0.39 is 12.1 Å². The summed E-state index contributed by atoms with van der Waals surface area (Å²) >= 11 is 0. The van der Waals surface area contributed by atoms with Crippen molar-refractivity contribution in [3.8, 4) is 11.5 Å². The van der Waals surface area contributed by atoms with Crippen molar-refractivity contribution in [2.24, 2.45) is 5.92 Å². The van der Waals surface area contributed by atoms with Crippen LogP contribution in [0, 0.1) is 5.92 Å². The predicted octanol–water partition coefficient (Wildman–Crippen LogP) is 2.54. The maximum absolute atomic E-state index is 13.4. The van der Waals surface area contributed by atoms with Crippen molar-refractivity contribution in [3.63, 3.8) is 0 Å². The molecule has 0 bridgehead atoms. The Morgan fingerprint density at radius 3 is 2.76 bits per heavy atom. The molecule has 2 unspecified atom stereocenters. The Balaban J connectivity index is 1.15. The van der Waals surface area contributed by atoms with Crippen LogP contribution in [0.4, 0.5) is 5.69 Å². The fourth-order valence-electron chi connectivity index (χ4n) is 5.57. The van der Waals surface area contributed by atoms with E-state index in [0.29, 0.717) is 37.8 Å². The highest BCUT2D eigenvalue weighted by Gasteiger charge is 2.33. The number of nitrogens with zero attached hydrogens (tertiary/aromatic N) is 4. The van der Waals surface area contributed by atoms with E-state index in [0.717, 1.165) is 61.2 Å². The molecule has 9 heteroatoms. The highest BCUT2D eigenvalue weighted by atomic mass is 16.6. The van der Waals surface area contributed by atoms with Crippen LogP contribution in [0.15, 0.2) is 48.8 Å². The standard InChI is InChI=1S/C28H33N5O4/c34-27(19-5-6-25-26(14-19)37-13-12-36-25)24(18-32-9-1-2-10-32)31-28(35)20-7-11-33(17-20)21-15-23-22(30-16-21)4-3-8-29-23/h3-6,8,14-16,20,24,27,34H,1-2,7,9-13,17-18H2,(H,31,35)/t20-,24?,27?/m0/s1. The molecule has 1 amide bonds. The van der Waals surface area contributed by atoms with Gasteiger partial charge in [0.2, 0.25) is 5.91 Å². The molecule has 5 heterocycles. The zero-order chi connectivity index (χ0) is 25.2. The second-order valence-corrected chi connectivity index (χ2v) is 10.1. The van der Waals surface area contributed by atoms with Crippen molar-refractivity contribution in [1.29, 1.82) is 0 Å². The molecule has 3 aromatic rings. The average molecular weight is 504 g/mol. The molecule has 0 radical (unpaired) electrons. The van der Waals surface area contributed by atoms with Gasteiger partial charge in [-0.25, -0.2) is 0 Å². The van der Waals surface area contributed by atoms with Crippen LogP contribution in [-0.4, -0.2) is 77.9 Å². The number of hydrogen-bond acceptors (Lipinski definition) is 8. The minimum atomic E-state index is -0.853. The minimum Gasteiger partial charge on any atom is -0.486 e. The molecule has 1 aromatic carbocycles. The van der Waals surface area contributed by atoms with Gasteiger partial charge in [0.05, 0.1) is 34.9 Å². The van der Waals surface area contributed by atoms with E-state index in [1.165, 1.54) is 0 Å². The third kappa shape index (κ3) is 5.19. The number of nitrogens with one attached hydrogen (secondary N) is 1. The summed E-state index contributed by atoms with van der Waals surface area (Å²) in [7, 11) is 0. The Morgan fingerprint density at radius 2 is 1.89 bits per heavy atom. The van der Waals surface area contributed by atoms with Crippen LogP contribution < -0.4 is 19.7 Å². The number of aromatic nitrogens is 2. The van der Waals surface area contributed by atoms with Crippen molar-refractivity contribution in [2.45, 2.75) is 31.4 Å². The first-order chi connectivity index (χ1) is 18.1. The lowest BCUT2D eigenvalue weighted by Crippen LogP contribution is -2.48. The number of aliphatic hydroxyl groups is 1. The summed E-state index contributed by atoms with van der Waals surface area (Å²) in [6, 6.07) is 11.0. The molecular formula is C28H33N5O4. The number of anilines is 1. The molecule has 3 aliphatic rings. The van der Waals surface area contributed by atoms with E-state index >= 15 is 0 Å². The number of ether oxygens (including phenoxy) is 2. The van der Waals surface area contributed by atoms with Gasteiger partial charge in [-0.05, 0) is 68.2 Å². The van der Waals surface area contributed by atoms with Crippen molar-refractivity contribution < 1.29 is 19.4 Å². The van der Waals surface area contributed by atoms with Crippen LogP contribution in [0.25, 0.3) is 11.0 Å². The Morgan fingerprint density at radius 1 is 1.05 bits per heavy atom. The van der Waals surface area contributed by atoms with E-state index in [9.17, 15) is 9.90 Å². The van der Waals surface area contributed by atoms with Gasteiger partial charge in [-0.3, -0.25) is 14.8 Å². The van der Waals surface area contributed by atoms with E-state index in [2.05, 4.69) is 25.1 Å². The van der Waals surface area contributed by atoms with E-state index in [1.807, 2.05) is 42.6 Å². The highest BCUT2D eigenvalue weighted by Crippen LogP contribution is 2.34. The molecule has 0 saturated carbocycles. The number of carbonyl (C=O) groups excluding carboxylic acids is 1. The summed E-state index contributed by atoms with van der Waals surface area (Å²) in [5.41, 5.74) is 3.40. The Kier molecular flexibility index (Phi) is 6.80. The van der Waals surface area contributed by atoms with Crippen molar-refractivity contribution in [2.75, 3.05) is 50.8 Å². The summed E-state index contributed by atoms with van der Waals surface area (Å²) in [6.07, 6.45) is 5.81. The predicted molar refractivity (Wildman–Crippen MR) is 140 cm³/mol. The quantitative estimate of drug-likeness (QED) is 0.508. The van der Waals surface area contributed by atoms with Crippen LogP contribution >= 0.6 is 0 Å². The number of rotatable bonds is 7. The summed E-state index contributed by atoms with van der Waals surface area (Å²) in [4.78, 5) is 26.9. The molecule has 2 N–H and O–H groups in total. The van der Waals surface area contributed by atoms with Gasteiger partial charge in [-0.1, -0.05) is 6.07 Å². The summed E-state index contributed by atoms with van der Waals surface area (Å²) in [5, 5.41) is 14.6. The first-order valence-electron chi connectivity index (χ1n) is 13.2. The number of carbonyl (C=O) groups is 1. The highest BCUT2D eigenvalue weighted by molar-refractivity contribution is 5.81. The van der Waals surface area contributed by atoms with Crippen LogP contribution in [0.5, 0.6) is 11.5 Å². The molecule has 9 nitrogen and oxygen atoms in total. The maximum atomic E-state index is 13.4. The molecule has 3 atom stereocenters. The third-order valence-corrected chi connectivity index (χ3v) is 7.63. The van der Waals surface area contributed by atoms with Gasteiger partial charge in [0.1, 0.15) is 19.3 Å². The molecule has 0 spiro atoms. The first-order valence-corrected chi connectivity index (χ1v) is 13.2. The topological polar surface area (TPSA) is 100 Å². The van der Waals surface area contributed by atoms with E-state index in [1.54, 1.807) is 6.20 Å². The molecule has 194 valence electrons. The lowest BCUT2D eigenvalue weighted by atomic mass is 9.99. The van der Waals surface area contributed by atoms with Gasteiger partial charge in [-0.2, -0.15) is 0 Å². The number of likely N-dealkylation sites (tertiary alicyclic amines) is 1. The average Bonchev–Trinajstić information content (AvgIpc) is 3.64. The lowest BCUT2D eigenvalue weighted by molar-refractivity contribution is -0.126. The SMILES string of the molecule is O=C(NC(CN1CCCC1)C(O)c1ccc2c(c1)OCCO2)[C@H]1CCN(c2cnc3cccnc3c2)C1. The number of aliphatic hydroxyl groups excluding tert-OH is 1. The summed E-state index contributed by atoms with van der Waals surface area (Å²) < 4.78 is 11.4. The Bertz CT molecular complexity index is 1260. The Labute approximate surface area is 216 Å². The summed E-state index contributed by atoms with van der Waals surface area (Å²) in [5.74, 6) is 1.15. The minimum absolute atomic E-state index is 0.0184. The van der Waals surface area contributed by atoms with Gasteiger partial charge >= 0.3 is 0 Å². The van der Waals surface area contributed by atoms with Gasteiger partial charge in [-0.15, -0.1) is 0 Å². The van der Waals surface area contributed by atoms with Gasteiger partial charge in [0.25, 0.3) is 0 Å². The van der Waals surface area contributed by atoms with Crippen LogP contribution in [0.2, 0.25) is 0 Å². The molecule has 2 fully saturated rings. The number of hydrogen-bond donors (Lipinski definition) is 2. The van der Waals surface area contributed by atoms with Crippen LogP contribution in [-0.2, 0) is 4.79 Å². The van der Waals surface area contributed by atoms with Crippen molar-refractivity contribution >= 4 is 22.6 Å². The third-order valence-electron chi connectivity index (χ3n) is 7.63. The molecule has 6 rings (SSSR count). The monoisotopic (exact) mass is 503 g/mol.